The van der Waals surface area contributed by atoms with Crippen molar-refractivity contribution in [1.29, 1.82) is 0 Å². The van der Waals surface area contributed by atoms with E-state index in [0.29, 0.717) is 18.2 Å². The molecule has 2 atom stereocenters. The molecule has 5 heteroatoms. The molecule has 0 radical (unpaired) electrons. The Balaban J connectivity index is 2.72. The lowest BCUT2D eigenvalue weighted by molar-refractivity contribution is 0.208. The number of nitrogens with zero attached hydrogens (tertiary/aromatic N) is 1. The molecule has 0 amide bonds. The highest BCUT2D eigenvalue weighted by molar-refractivity contribution is 7.89. The van der Waals surface area contributed by atoms with E-state index in [1.807, 2.05) is 0 Å². The van der Waals surface area contributed by atoms with Crippen LogP contribution in [0.15, 0.2) is 0 Å². The van der Waals surface area contributed by atoms with Gasteiger partial charge >= 0.3 is 0 Å². The van der Waals surface area contributed by atoms with Gasteiger partial charge in [0.1, 0.15) is 0 Å². The number of nitrogens with one attached hydrogen (secondary N) is 1. The highest BCUT2D eigenvalue weighted by atomic mass is 32.2. The largest absolute Gasteiger partial charge is 0.313 e. The Morgan fingerprint density at radius 2 is 1.95 bits per heavy atom. The van der Waals surface area contributed by atoms with Crippen molar-refractivity contribution >= 4 is 10.0 Å². The van der Waals surface area contributed by atoms with Crippen molar-refractivity contribution in [3.05, 3.63) is 0 Å². The average Bonchev–Trinajstić information content (AvgIpc) is 2.42. The summed E-state index contributed by atoms with van der Waals surface area (Å²) in [6.45, 7) is 10.1. The fraction of sp³-hybridized carbons (Fsp3) is 1.00. The van der Waals surface area contributed by atoms with E-state index in [2.05, 4.69) is 33.0 Å². The molecule has 0 aromatic heterocycles. The molecule has 1 N–H and O–H groups in total. The van der Waals surface area contributed by atoms with Crippen molar-refractivity contribution < 1.29 is 8.42 Å². The third kappa shape index (κ3) is 5.34. The first-order valence-electron chi connectivity index (χ1n) is 8.11. The van der Waals surface area contributed by atoms with Crippen LogP contribution in [0.25, 0.3) is 0 Å². The van der Waals surface area contributed by atoms with Gasteiger partial charge in [-0.2, -0.15) is 4.31 Å². The summed E-state index contributed by atoms with van der Waals surface area (Å²) in [7, 11) is -3.10. The van der Waals surface area contributed by atoms with E-state index in [1.165, 1.54) is 0 Å². The maximum Gasteiger partial charge on any atom is 0.214 e. The van der Waals surface area contributed by atoms with Crippen LogP contribution in [0.3, 0.4) is 0 Å². The number of hydrogen-bond donors (Lipinski definition) is 1. The number of piperidine rings is 1. The minimum atomic E-state index is -3.10. The summed E-state index contributed by atoms with van der Waals surface area (Å²) in [5, 5.41) is 3.46. The van der Waals surface area contributed by atoms with Gasteiger partial charge in [-0.25, -0.2) is 8.42 Å². The summed E-state index contributed by atoms with van der Waals surface area (Å²) in [5.74, 6) is 0.727. The van der Waals surface area contributed by atoms with Crippen LogP contribution < -0.4 is 5.32 Å². The van der Waals surface area contributed by atoms with E-state index in [4.69, 9.17) is 0 Å². The lowest BCUT2D eigenvalue weighted by Gasteiger charge is -2.38. The van der Waals surface area contributed by atoms with Crippen molar-refractivity contribution in [2.24, 2.45) is 5.92 Å². The molecule has 0 aromatic rings. The van der Waals surface area contributed by atoms with E-state index in [1.54, 1.807) is 4.31 Å². The van der Waals surface area contributed by atoms with Gasteiger partial charge in [0, 0.05) is 18.6 Å². The summed E-state index contributed by atoms with van der Waals surface area (Å²) in [6, 6.07) is 0.372. The quantitative estimate of drug-likeness (QED) is 0.750. The molecule has 1 rings (SSSR count). The molecule has 0 aliphatic carbocycles. The van der Waals surface area contributed by atoms with Crippen LogP contribution >= 0.6 is 0 Å². The zero-order chi connectivity index (χ0) is 15.2. The molecule has 0 bridgehead atoms. The SMILES string of the molecule is CCCNC(C)C1CCCCN1S(=O)(=O)CCC(C)C. The Bertz CT molecular complexity index is 368. The Labute approximate surface area is 125 Å². The Kier molecular flexibility index (Phi) is 7.48. The molecule has 2 unspecified atom stereocenters. The summed E-state index contributed by atoms with van der Waals surface area (Å²) in [5.41, 5.74) is 0. The van der Waals surface area contributed by atoms with Crippen LogP contribution in [0.2, 0.25) is 0 Å². The molecule has 1 aliphatic heterocycles. The summed E-state index contributed by atoms with van der Waals surface area (Å²) in [6.07, 6.45) is 4.95. The van der Waals surface area contributed by atoms with Crippen molar-refractivity contribution in [1.82, 2.24) is 9.62 Å². The standard InChI is InChI=1S/C15H32N2O2S/c1-5-10-16-14(4)15-8-6-7-11-17(15)20(18,19)12-9-13(2)3/h13-16H,5-12H2,1-4H3. The van der Waals surface area contributed by atoms with Crippen LogP contribution in [0.1, 0.15) is 59.8 Å². The van der Waals surface area contributed by atoms with Crippen LogP contribution in [-0.2, 0) is 10.0 Å². The molecule has 0 aromatic carbocycles. The molecule has 4 nitrogen and oxygen atoms in total. The van der Waals surface area contributed by atoms with E-state index < -0.39 is 10.0 Å². The first-order chi connectivity index (χ1) is 9.38. The smallest absolute Gasteiger partial charge is 0.214 e. The Morgan fingerprint density at radius 3 is 2.55 bits per heavy atom. The first-order valence-corrected chi connectivity index (χ1v) is 9.72. The number of rotatable bonds is 8. The molecule has 1 heterocycles. The molecule has 1 saturated heterocycles. The maximum absolute atomic E-state index is 12.6. The van der Waals surface area contributed by atoms with Gasteiger partial charge < -0.3 is 5.32 Å². The zero-order valence-corrected chi connectivity index (χ0v) is 14.4. The average molecular weight is 305 g/mol. The summed E-state index contributed by atoms with van der Waals surface area (Å²) < 4.78 is 26.9. The predicted molar refractivity (Wildman–Crippen MR) is 85.3 cm³/mol. The highest BCUT2D eigenvalue weighted by Gasteiger charge is 2.34. The van der Waals surface area contributed by atoms with Crippen molar-refractivity contribution in [2.45, 2.75) is 71.9 Å². The van der Waals surface area contributed by atoms with Gasteiger partial charge in [-0.15, -0.1) is 0 Å². The van der Waals surface area contributed by atoms with Gasteiger partial charge in [0.15, 0.2) is 0 Å². The lowest BCUT2D eigenvalue weighted by atomic mass is 9.99. The second kappa shape index (κ2) is 8.35. The van der Waals surface area contributed by atoms with Gasteiger partial charge in [0.2, 0.25) is 10.0 Å². The van der Waals surface area contributed by atoms with E-state index >= 15 is 0 Å². The lowest BCUT2D eigenvalue weighted by Crippen LogP contribution is -2.53. The normalized spacial score (nSPS) is 23.1. The molecule has 1 fully saturated rings. The molecule has 0 saturated carbocycles. The molecular weight excluding hydrogens is 272 g/mol. The zero-order valence-electron chi connectivity index (χ0n) is 13.6. The van der Waals surface area contributed by atoms with Crippen LogP contribution in [0.5, 0.6) is 0 Å². The summed E-state index contributed by atoms with van der Waals surface area (Å²) >= 11 is 0. The van der Waals surface area contributed by atoms with Crippen molar-refractivity contribution in [3.63, 3.8) is 0 Å². The second-order valence-corrected chi connectivity index (χ2v) is 8.46. The fourth-order valence-electron chi connectivity index (χ4n) is 2.79. The topological polar surface area (TPSA) is 49.4 Å². The van der Waals surface area contributed by atoms with Gasteiger partial charge in [0.25, 0.3) is 0 Å². The van der Waals surface area contributed by atoms with E-state index in [0.717, 1.165) is 38.6 Å². The third-order valence-electron chi connectivity index (χ3n) is 4.10. The molecule has 0 spiro atoms. The van der Waals surface area contributed by atoms with E-state index in [-0.39, 0.29) is 12.1 Å². The molecule has 1 aliphatic rings. The van der Waals surface area contributed by atoms with Gasteiger partial charge in [-0.1, -0.05) is 27.2 Å². The van der Waals surface area contributed by atoms with Crippen molar-refractivity contribution in [2.75, 3.05) is 18.8 Å². The van der Waals surface area contributed by atoms with Crippen molar-refractivity contribution in [3.8, 4) is 0 Å². The fourth-order valence-corrected chi connectivity index (χ4v) is 4.90. The number of hydrogen-bond acceptors (Lipinski definition) is 3. The van der Waals surface area contributed by atoms with Crippen LogP contribution in [0.4, 0.5) is 0 Å². The Hall–Kier alpha value is -0.130. The summed E-state index contributed by atoms with van der Waals surface area (Å²) in [4.78, 5) is 0. The first kappa shape index (κ1) is 17.9. The molecular formula is C15H32N2O2S. The predicted octanol–water partition coefficient (Wildman–Crippen LogP) is 2.60. The number of sulfonamides is 1. The Morgan fingerprint density at radius 1 is 1.25 bits per heavy atom. The molecule has 20 heavy (non-hydrogen) atoms. The van der Waals surface area contributed by atoms with Crippen LogP contribution in [0, 0.1) is 5.92 Å². The maximum atomic E-state index is 12.6. The van der Waals surface area contributed by atoms with E-state index in [9.17, 15) is 8.42 Å². The highest BCUT2D eigenvalue weighted by Crippen LogP contribution is 2.24. The molecule has 120 valence electrons. The minimum absolute atomic E-state index is 0.132. The minimum Gasteiger partial charge on any atom is -0.313 e. The van der Waals surface area contributed by atoms with Gasteiger partial charge in [-0.05, 0) is 45.1 Å². The van der Waals surface area contributed by atoms with Gasteiger partial charge in [-0.3, -0.25) is 0 Å². The monoisotopic (exact) mass is 304 g/mol. The third-order valence-corrected chi connectivity index (χ3v) is 6.02. The van der Waals surface area contributed by atoms with Crippen LogP contribution in [-0.4, -0.2) is 43.6 Å². The second-order valence-electron chi connectivity index (χ2n) is 6.42. The van der Waals surface area contributed by atoms with Gasteiger partial charge in [0.05, 0.1) is 5.75 Å².